The number of nitrogens with zero attached hydrogens (tertiary/aromatic N) is 3. The fourth-order valence-corrected chi connectivity index (χ4v) is 2.36. The van der Waals surface area contributed by atoms with Gasteiger partial charge < -0.3 is 15.8 Å². The van der Waals surface area contributed by atoms with E-state index in [0.29, 0.717) is 28.5 Å². The van der Waals surface area contributed by atoms with Crippen LogP contribution in [0.3, 0.4) is 0 Å². The lowest BCUT2D eigenvalue weighted by atomic mass is 10.2. The molecule has 1 amide bonds. The number of carbonyl (C=O) groups excluding carboxylic acids is 1. The number of nitrogen functional groups attached to an aromatic ring is 1. The Kier molecular flexibility index (Phi) is 5.02. The van der Waals surface area contributed by atoms with Crippen molar-refractivity contribution in [2.75, 3.05) is 18.2 Å². The highest BCUT2D eigenvalue weighted by Crippen LogP contribution is 2.25. The third-order valence-electron chi connectivity index (χ3n) is 3.61. The van der Waals surface area contributed by atoms with Crippen LogP contribution in [0.1, 0.15) is 17.8 Å². The maximum atomic E-state index is 12.1. The van der Waals surface area contributed by atoms with E-state index >= 15 is 0 Å². The zero-order chi connectivity index (χ0) is 17.9. The van der Waals surface area contributed by atoms with E-state index in [1.807, 2.05) is 0 Å². The van der Waals surface area contributed by atoms with Crippen LogP contribution in [0.2, 0.25) is 0 Å². The Hall–Kier alpha value is -3.10. The van der Waals surface area contributed by atoms with Crippen molar-refractivity contribution in [3.8, 4) is 5.75 Å². The molecule has 1 aromatic carbocycles. The van der Waals surface area contributed by atoms with E-state index in [4.69, 9.17) is 10.5 Å². The number of rotatable bonds is 6. The molecule has 3 N–H and O–H groups in total. The Morgan fingerprint density at radius 2 is 2.17 bits per heavy atom. The smallest absolute Gasteiger partial charge is 0.312 e. The Morgan fingerprint density at radius 3 is 2.75 bits per heavy atom. The van der Waals surface area contributed by atoms with E-state index in [1.54, 1.807) is 32.0 Å². The van der Waals surface area contributed by atoms with Crippen molar-refractivity contribution in [1.82, 2.24) is 9.78 Å². The number of anilines is 2. The lowest BCUT2D eigenvalue weighted by Gasteiger charge is -2.10. The van der Waals surface area contributed by atoms with Gasteiger partial charge in [-0.05, 0) is 26.0 Å². The maximum Gasteiger partial charge on any atom is 0.312 e. The molecular formula is C15H19N5O4. The first kappa shape index (κ1) is 17.3. The molecule has 9 nitrogen and oxygen atoms in total. The first-order chi connectivity index (χ1) is 11.3. The topological polar surface area (TPSA) is 125 Å². The summed E-state index contributed by atoms with van der Waals surface area (Å²) in [5.74, 6) is 0.304. The lowest BCUT2D eigenvalue weighted by molar-refractivity contribution is -0.386. The summed E-state index contributed by atoms with van der Waals surface area (Å²) < 4.78 is 6.55. The highest BCUT2D eigenvalue weighted by atomic mass is 16.6. The van der Waals surface area contributed by atoms with Crippen LogP contribution in [0, 0.1) is 24.0 Å². The quantitative estimate of drug-likeness (QED) is 0.473. The van der Waals surface area contributed by atoms with Crippen LogP contribution in [0.25, 0.3) is 0 Å². The Bertz CT molecular complexity index is 784. The molecule has 0 saturated heterocycles. The van der Waals surface area contributed by atoms with E-state index < -0.39 is 4.92 Å². The van der Waals surface area contributed by atoms with Crippen molar-refractivity contribution in [3.05, 3.63) is 39.7 Å². The number of methoxy groups -OCH3 is 1. The normalized spacial score (nSPS) is 10.5. The fourth-order valence-electron chi connectivity index (χ4n) is 2.36. The molecule has 0 spiro atoms. The molecule has 0 bridgehead atoms. The number of aromatic nitrogens is 2. The van der Waals surface area contributed by atoms with Crippen molar-refractivity contribution in [2.24, 2.45) is 0 Å². The maximum absolute atomic E-state index is 12.1. The van der Waals surface area contributed by atoms with Gasteiger partial charge in [-0.2, -0.15) is 5.10 Å². The standard InChI is InChI=1S/C15H19N5O4/c1-9-15(20(22)23)10(2)19(18-9)7-6-14(21)17-13-8-11(24-3)4-5-12(13)16/h4-5,8H,6-7,16H2,1-3H3,(H,17,21). The molecule has 0 saturated carbocycles. The molecule has 0 radical (unpaired) electrons. The van der Waals surface area contributed by atoms with Crippen molar-refractivity contribution in [3.63, 3.8) is 0 Å². The Balaban J connectivity index is 2.04. The molecule has 2 rings (SSSR count). The number of ether oxygens (including phenoxy) is 1. The summed E-state index contributed by atoms with van der Waals surface area (Å²) in [6, 6.07) is 4.96. The molecule has 0 fully saturated rings. The van der Waals surface area contributed by atoms with Gasteiger partial charge in [0.2, 0.25) is 5.91 Å². The lowest BCUT2D eigenvalue weighted by Crippen LogP contribution is -2.16. The third-order valence-corrected chi connectivity index (χ3v) is 3.61. The van der Waals surface area contributed by atoms with E-state index in [2.05, 4.69) is 10.4 Å². The van der Waals surface area contributed by atoms with Crippen molar-refractivity contribution in [1.29, 1.82) is 0 Å². The fraction of sp³-hybridized carbons (Fsp3) is 0.333. The van der Waals surface area contributed by atoms with E-state index in [-0.39, 0.29) is 24.6 Å². The second-order valence-electron chi connectivity index (χ2n) is 5.25. The number of nitrogens with two attached hydrogens (primary N) is 1. The summed E-state index contributed by atoms with van der Waals surface area (Å²) in [4.78, 5) is 22.6. The minimum absolute atomic E-state index is 0.0209. The average Bonchev–Trinajstić information content (AvgIpc) is 2.81. The van der Waals surface area contributed by atoms with Crippen LogP contribution in [0.5, 0.6) is 5.75 Å². The van der Waals surface area contributed by atoms with Crippen molar-refractivity contribution >= 4 is 23.0 Å². The summed E-state index contributed by atoms with van der Waals surface area (Å²) in [6.45, 7) is 3.41. The molecule has 24 heavy (non-hydrogen) atoms. The van der Waals surface area contributed by atoms with Crippen LogP contribution in [0.4, 0.5) is 17.1 Å². The number of nitrogens with one attached hydrogen (secondary N) is 1. The van der Waals surface area contributed by atoms with Gasteiger partial charge in [0.25, 0.3) is 0 Å². The van der Waals surface area contributed by atoms with E-state index in [9.17, 15) is 14.9 Å². The Morgan fingerprint density at radius 1 is 1.46 bits per heavy atom. The molecule has 0 unspecified atom stereocenters. The number of nitro groups is 1. The van der Waals surface area contributed by atoms with Crippen LogP contribution in [-0.2, 0) is 11.3 Å². The molecule has 128 valence electrons. The van der Waals surface area contributed by atoms with Crippen LogP contribution in [0.15, 0.2) is 18.2 Å². The van der Waals surface area contributed by atoms with Gasteiger partial charge in [0.1, 0.15) is 17.1 Å². The van der Waals surface area contributed by atoms with Gasteiger partial charge in [-0.3, -0.25) is 19.6 Å². The molecule has 9 heteroatoms. The van der Waals surface area contributed by atoms with Gasteiger partial charge >= 0.3 is 5.69 Å². The molecule has 0 aliphatic heterocycles. The molecule has 0 atom stereocenters. The predicted octanol–water partition coefficient (Wildman–Crippen LogP) is 2.03. The Labute approximate surface area is 138 Å². The molecule has 0 aliphatic rings. The van der Waals surface area contributed by atoms with Crippen LogP contribution in [-0.4, -0.2) is 27.7 Å². The van der Waals surface area contributed by atoms with Crippen molar-refractivity contribution in [2.45, 2.75) is 26.8 Å². The number of hydrogen-bond donors (Lipinski definition) is 2. The number of aryl methyl sites for hydroxylation is 2. The second-order valence-corrected chi connectivity index (χ2v) is 5.25. The van der Waals surface area contributed by atoms with Crippen LogP contribution < -0.4 is 15.8 Å². The van der Waals surface area contributed by atoms with E-state index in [1.165, 1.54) is 11.8 Å². The molecule has 0 aliphatic carbocycles. The predicted molar refractivity (Wildman–Crippen MR) is 89.0 cm³/mol. The molecule has 1 heterocycles. The van der Waals surface area contributed by atoms with Gasteiger partial charge in [-0.25, -0.2) is 0 Å². The third kappa shape index (κ3) is 3.62. The summed E-state index contributed by atoms with van der Waals surface area (Å²) in [6.07, 6.45) is 0.107. The van der Waals surface area contributed by atoms with Crippen LogP contribution >= 0.6 is 0 Å². The monoisotopic (exact) mass is 333 g/mol. The number of carbonyl (C=O) groups is 1. The largest absolute Gasteiger partial charge is 0.497 e. The second kappa shape index (κ2) is 6.99. The van der Waals surface area contributed by atoms with Crippen molar-refractivity contribution < 1.29 is 14.5 Å². The number of amides is 1. The molecular weight excluding hydrogens is 314 g/mol. The summed E-state index contributed by atoms with van der Waals surface area (Å²) in [5, 5.41) is 17.8. The van der Waals surface area contributed by atoms with Gasteiger partial charge in [-0.15, -0.1) is 0 Å². The first-order valence-electron chi connectivity index (χ1n) is 7.25. The minimum Gasteiger partial charge on any atom is -0.497 e. The highest BCUT2D eigenvalue weighted by Gasteiger charge is 2.21. The minimum atomic E-state index is -0.467. The number of benzene rings is 1. The molecule has 2 aromatic rings. The summed E-state index contributed by atoms with van der Waals surface area (Å²) in [5.41, 5.74) is 7.43. The highest BCUT2D eigenvalue weighted by molar-refractivity contribution is 5.94. The number of hydrogen-bond acceptors (Lipinski definition) is 6. The van der Waals surface area contributed by atoms with E-state index in [0.717, 1.165) is 0 Å². The zero-order valence-electron chi connectivity index (χ0n) is 13.7. The molecule has 1 aromatic heterocycles. The van der Waals surface area contributed by atoms with Gasteiger partial charge in [0.15, 0.2) is 0 Å². The summed E-state index contributed by atoms with van der Waals surface area (Å²) in [7, 11) is 1.52. The SMILES string of the molecule is COc1ccc(N)c(NC(=O)CCn2nc(C)c([N+](=O)[O-])c2C)c1. The average molecular weight is 333 g/mol. The van der Waals surface area contributed by atoms with Gasteiger partial charge in [0.05, 0.1) is 30.0 Å². The summed E-state index contributed by atoms with van der Waals surface area (Å²) >= 11 is 0. The van der Waals surface area contributed by atoms with Gasteiger partial charge in [0, 0.05) is 12.5 Å². The first-order valence-corrected chi connectivity index (χ1v) is 7.25. The zero-order valence-corrected chi connectivity index (χ0v) is 13.7. The van der Waals surface area contributed by atoms with Gasteiger partial charge in [-0.1, -0.05) is 0 Å².